The lowest BCUT2D eigenvalue weighted by Gasteiger charge is -2.19. The highest BCUT2D eigenvalue weighted by molar-refractivity contribution is 5.29. The van der Waals surface area contributed by atoms with Crippen molar-refractivity contribution in [2.75, 3.05) is 13.2 Å². The van der Waals surface area contributed by atoms with Gasteiger partial charge in [0.2, 0.25) is 0 Å². The van der Waals surface area contributed by atoms with Crippen molar-refractivity contribution in [1.29, 1.82) is 0 Å². The Labute approximate surface area is 121 Å². The summed E-state index contributed by atoms with van der Waals surface area (Å²) in [5.41, 5.74) is 3.54. The molecule has 1 aliphatic heterocycles. The van der Waals surface area contributed by atoms with Crippen molar-refractivity contribution in [1.82, 2.24) is 15.3 Å². The molecule has 2 aliphatic rings. The van der Waals surface area contributed by atoms with Crippen LogP contribution in [0.5, 0.6) is 0 Å². The van der Waals surface area contributed by atoms with E-state index in [0.29, 0.717) is 5.92 Å². The molecule has 2 heterocycles. The van der Waals surface area contributed by atoms with Crippen LogP contribution in [0.25, 0.3) is 0 Å². The molecule has 2 fully saturated rings. The molecule has 1 aromatic heterocycles. The number of aromatic nitrogens is 2. The van der Waals surface area contributed by atoms with Crippen LogP contribution in [0, 0.1) is 13.8 Å². The maximum Gasteiger partial charge on any atom is 0.157 e. The van der Waals surface area contributed by atoms with Gasteiger partial charge < -0.3 is 10.1 Å². The van der Waals surface area contributed by atoms with E-state index < -0.39 is 0 Å². The van der Waals surface area contributed by atoms with Crippen LogP contribution in [0.1, 0.15) is 67.4 Å². The second kappa shape index (κ2) is 5.78. The zero-order chi connectivity index (χ0) is 14.1. The molecule has 4 nitrogen and oxygen atoms in total. The van der Waals surface area contributed by atoms with Crippen LogP contribution in [0.15, 0.2) is 0 Å². The molecule has 3 rings (SSSR count). The van der Waals surface area contributed by atoms with Gasteiger partial charge >= 0.3 is 0 Å². The van der Waals surface area contributed by atoms with Gasteiger partial charge in [-0.2, -0.15) is 0 Å². The van der Waals surface area contributed by atoms with Gasteiger partial charge in [0, 0.05) is 30.6 Å². The molecular weight excluding hydrogens is 250 g/mol. The van der Waals surface area contributed by atoms with Crippen molar-refractivity contribution in [3.05, 3.63) is 22.8 Å². The SMILES string of the molecule is Cc1nc(C2CCCO2)nc(C)c1C(C)CNC1CC1. The van der Waals surface area contributed by atoms with Gasteiger partial charge in [-0.05, 0) is 51.0 Å². The highest BCUT2D eigenvalue weighted by Crippen LogP contribution is 2.29. The summed E-state index contributed by atoms with van der Waals surface area (Å²) in [5.74, 6) is 1.35. The molecular formula is C16H25N3O. The summed E-state index contributed by atoms with van der Waals surface area (Å²) in [6.45, 7) is 8.34. The van der Waals surface area contributed by atoms with Crippen LogP contribution >= 0.6 is 0 Å². The van der Waals surface area contributed by atoms with Crippen LogP contribution in [-0.4, -0.2) is 29.2 Å². The normalized spacial score (nSPS) is 24.1. The molecule has 0 amide bonds. The average Bonchev–Trinajstić information content (AvgIpc) is 3.07. The van der Waals surface area contributed by atoms with Gasteiger partial charge in [-0.3, -0.25) is 0 Å². The monoisotopic (exact) mass is 275 g/mol. The van der Waals surface area contributed by atoms with Gasteiger partial charge in [0.1, 0.15) is 6.10 Å². The largest absolute Gasteiger partial charge is 0.370 e. The van der Waals surface area contributed by atoms with E-state index in [1.54, 1.807) is 0 Å². The average molecular weight is 275 g/mol. The van der Waals surface area contributed by atoms with Crippen molar-refractivity contribution in [3.63, 3.8) is 0 Å². The number of nitrogens with one attached hydrogen (secondary N) is 1. The van der Waals surface area contributed by atoms with Crippen LogP contribution in [0.4, 0.5) is 0 Å². The summed E-state index contributed by atoms with van der Waals surface area (Å²) in [6.07, 6.45) is 4.95. The Balaban J connectivity index is 1.76. The maximum absolute atomic E-state index is 5.70. The first-order chi connectivity index (χ1) is 9.65. The summed E-state index contributed by atoms with van der Waals surface area (Å²) in [6, 6.07) is 0.755. The third-order valence-electron chi connectivity index (χ3n) is 4.34. The molecule has 110 valence electrons. The fraction of sp³-hybridized carbons (Fsp3) is 0.750. The molecule has 1 saturated heterocycles. The van der Waals surface area contributed by atoms with Crippen molar-refractivity contribution < 1.29 is 4.74 Å². The molecule has 1 N–H and O–H groups in total. The summed E-state index contributed by atoms with van der Waals surface area (Å²) < 4.78 is 5.70. The second-order valence-corrected chi connectivity index (χ2v) is 6.25. The first-order valence-corrected chi connectivity index (χ1v) is 7.85. The molecule has 1 aliphatic carbocycles. The van der Waals surface area contributed by atoms with Crippen molar-refractivity contribution in [2.45, 2.75) is 64.5 Å². The molecule has 4 heteroatoms. The van der Waals surface area contributed by atoms with Gasteiger partial charge in [0.25, 0.3) is 0 Å². The van der Waals surface area contributed by atoms with E-state index in [2.05, 4.69) is 26.1 Å². The lowest BCUT2D eigenvalue weighted by Crippen LogP contribution is -2.24. The van der Waals surface area contributed by atoms with Crippen molar-refractivity contribution in [3.8, 4) is 0 Å². The Hall–Kier alpha value is -1.00. The summed E-state index contributed by atoms with van der Waals surface area (Å²) in [4.78, 5) is 9.43. The van der Waals surface area contributed by atoms with Crippen molar-refractivity contribution in [2.24, 2.45) is 0 Å². The third kappa shape index (κ3) is 3.01. The van der Waals surface area contributed by atoms with E-state index in [1.807, 2.05) is 0 Å². The Morgan fingerprint density at radius 3 is 2.45 bits per heavy atom. The molecule has 0 radical (unpaired) electrons. The van der Waals surface area contributed by atoms with Gasteiger partial charge in [0.05, 0.1) is 0 Å². The van der Waals surface area contributed by atoms with Gasteiger partial charge in [-0.1, -0.05) is 6.92 Å². The number of ether oxygens (including phenoxy) is 1. The predicted molar refractivity (Wildman–Crippen MR) is 78.9 cm³/mol. The minimum atomic E-state index is 0.112. The van der Waals surface area contributed by atoms with E-state index in [0.717, 1.165) is 49.2 Å². The number of rotatable bonds is 5. The molecule has 20 heavy (non-hydrogen) atoms. The predicted octanol–water partition coefficient (Wildman–Crippen LogP) is 2.80. The molecule has 1 aromatic rings. The highest BCUT2D eigenvalue weighted by Gasteiger charge is 2.25. The highest BCUT2D eigenvalue weighted by atomic mass is 16.5. The Bertz CT molecular complexity index is 456. The standard InChI is InChI=1S/C16H25N3O/c1-10(9-17-13-6-7-13)15-11(2)18-16(19-12(15)3)14-5-4-8-20-14/h10,13-14,17H,4-9H2,1-3H3. The molecule has 0 spiro atoms. The lowest BCUT2D eigenvalue weighted by atomic mass is 9.97. The Kier molecular flexibility index (Phi) is 4.03. The Morgan fingerprint density at radius 1 is 1.20 bits per heavy atom. The zero-order valence-electron chi connectivity index (χ0n) is 12.8. The van der Waals surface area contributed by atoms with E-state index >= 15 is 0 Å². The van der Waals surface area contributed by atoms with Crippen LogP contribution < -0.4 is 5.32 Å². The Morgan fingerprint density at radius 2 is 1.90 bits per heavy atom. The molecule has 0 aromatic carbocycles. The van der Waals surface area contributed by atoms with E-state index in [4.69, 9.17) is 14.7 Å². The summed E-state index contributed by atoms with van der Waals surface area (Å²) in [5, 5.41) is 3.60. The van der Waals surface area contributed by atoms with Gasteiger partial charge in [-0.25, -0.2) is 9.97 Å². The number of hydrogen-bond donors (Lipinski definition) is 1. The van der Waals surface area contributed by atoms with E-state index in [-0.39, 0.29) is 6.10 Å². The zero-order valence-corrected chi connectivity index (χ0v) is 12.8. The first-order valence-electron chi connectivity index (χ1n) is 7.85. The van der Waals surface area contributed by atoms with E-state index in [9.17, 15) is 0 Å². The number of nitrogens with zero attached hydrogens (tertiary/aromatic N) is 2. The summed E-state index contributed by atoms with van der Waals surface area (Å²) in [7, 11) is 0. The number of hydrogen-bond acceptors (Lipinski definition) is 4. The lowest BCUT2D eigenvalue weighted by molar-refractivity contribution is 0.104. The maximum atomic E-state index is 5.70. The van der Waals surface area contributed by atoms with Crippen LogP contribution in [-0.2, 0) is 4.74 Å². The third-order valence-corrected chi connectivity index (χ3v) is 4.34. The summed E-state index contributed by atoms with van der Waals surface area (Å²) >= 11 is 0. The molecule has 0 bridgehead atoms. The van der Waals surface area contributed by atoms with Gasteiger partial charge in [0.15, 0.2) is 5.82 Å². The first kappa shape index (κ1) is 14.0. The minimum Gasteiger partial charge on any atom is -0.370 e. The molecule has 2 atom stereocenters. The second-order valence-electron chi connectivity index (χ2n) is 6.25. The molecule has 1 saturated carbocycles. The topological polar surface area (TPSA) is 47.0 Å². The van der Waals surface area contributed by atoms with E-state index in [1.165, 1.54) is 18.4 Å². The molecule has 2 unspecified atom stereocenters. The van der Waals surface area contributed by atoms with Gasteiger partial charge in [-0.15, -0.1) is 0 Å². The quantitative estimate of drug-likeness (QED) is 0.897. The van der Waals surface area contributed by atoms with Crippen LogP contribution in [0.3, 0.4) is 0 Å². The number of aryl methyl sites for hydroxylation is 2. The van der Waals surface area contributed by atoms with Crippen LogP contribution in [0.2, 0.25) is 0 Å². The minimum absolute atomic E-state index is 0.112. The fourth-order valence-electron chi connectivity index (χ4n) is 3.12. The smallest absolute Gasteiger partial charge is 0.157 e. The fourth-order valence-corrected chi connectivity index (χ4v) is 3.12. The van der Waals surface area contributed by atoms with Crippen molar-refractivity contribution >= 4 is 0 Å².